The van der Waals surface area contributed by atoms with Crippen LogP contribution in [0.4, 0.5) is 0 Å². The van der Waals surface area contributed by atoms with Crippen molar-refractivity contribution in [3.8, 4) is 17.3 Å². The molecule has 1 aliphatic heterocycles. The first kappa shape index (κ1) is 17.3. The van der Waals surface area contributed by atoms with Gasteiger partial charge in [-0.1, -0.05) is 0 Å². The van der Waals surface area contributed by atoms with Gasteiger partial charge in [0.15, 0.2) is 11.2 Å². The number of aryl methyl sites for hydroxylation is 2. The Morgan fingerprint density at radius 2 is 2.04 bits per heavy atom. The fraction of sp³-hybridized carbons (Fsp3) is 0.444. The quantitative estimate of drug-likeness (QED) is 0.691. The van der Waals surface area contributed by atoms with Crippen molar-refractivity contribution in [3.05, 3.63) is 24.5 Å². The zero-order chi connectivity index (χ0) is 19.0. The standard InChI is InChI=1S/C18H21N7O2/c1-4-25-16(13-7-19-11(2)20-8-13)23-15-17(25)21-10-22-18(15)27-14-5-6-24(9-14)12(3)26/h7-8,10,14H,4-6,9H2,1-3H3. The first-order valence-corrected chi connectivity index (χ1v) is 8.99. The van der Waals surface area contributed by atoms with Crippen molar-refractivity contribution in [1.82, 2.24) is 34.4 Å². The van der Waals surface area contributed by atoms with Gasteiger partial charge in [0.1, 0.15) is 24.1 Å². The van der Waals surface area contributed by atoms with Crippen molar-refractivity contribution in [3.63, 3.8) is 0 Å². The molecule has 27 heavy (non-hydrogen) atoms. The monoisotopic (exact) mass is 367 g/mol. The zero-order valence-corrected chi connectivity index (χ0v) is 15.6. The van der Waals surface area contributed by atoms with Crippen molar-refractivity contribution in [2.24, 2.45) is 0 Å². The van der Waals surface area contributed by atoms with Crippen LogP contribution in [0.15, 0.2) is 18.7 Å². The molecule has 0 aromatic carbocycles. The summed E-state index contributed by atoms with van der Waals surface area (Å²) < 4.78 is 8.08. The summed E-state index contributed by atoms with van der Waals surface area (Å²) in [4.78, 5) is 35.3. The molecule has 140 valence electrons. The molecule has 4 heterocycles. The van der Waals surface area contributed by atoms with Crippen LogP contribution >= 0.6 is 0 Å². The van der Waals surface area contributed by atoms with E-state index in [-0.39, 0.29) is 12.0 Å². The number of amides is 1. The lowest BCUT2D eigenvalue weighted by Gasteiger charge is -2.14. The molecule has 1 amide bonds. The molecule has 1 fully saturated rings. The molecule has 4 rings (SSSR count). The second-order valence-electron chi connectivity index (χ2n) is 6.54. The molecule has 9 nitrogen and oxygen atoms in total. The molecule has 3 aromatic heterocycles. The lowest BCUT2D eigenvalue weighted by molar-refractivity contribution is -0.128. The van der Waals surface area contributed by atoms with Gasteiger partial charge in [-0.15, -0.1) is 0 Å². The van der Waals surface area contributed by atoms with Crippen LogP contribution in [0.1, 0.15) is 26.1 Å². The Balaban J connectivity index is 1.71. The van der Waals surface area contributed by atoms with Crippen molar-refractivity contribution >= 4 is 17.1 Å². The summed E-state index contributed by atoms with van der Waals surface area (Å²) in [5.41, 5.74) is 2.13. The summed E-state index contributed by atoms with van der Waals surface area (Å²) in [6, 6.07) is 0. The van der Waals surface area contributed by atoms with Gasteiger partial charge in [0.2, 0.25) is 11.8 Å². The number of carbonyl (C=O) groups excluding carboxylic acids is 1. The largest absolute Gasteiger partial charge is 0.471 e. The SMILES string of the molecule is CCn1c(-c2cnc(C)nc2)nc2c(OC3CCN(C(C)=O)C3)ncnc21. The third kappa shape index (κ3) is 3.20. The highest BCUT2D eigenvalue weighted by Gasteiger charge is 2.27. The van der Waals surface area contributed by atoms with Gasteiger partial charge < -0.3 is 14.2 Å². The van der Waals surface area contributed by atoms with Gasteiger partial charge in [0.25, 0.3) is 0 Å². The lowest BCUT2D eigenvalue weighted by atomic mass is 10.3. The number of likely N-dealkylation sites (tertiary alicyclic amines) is 1. The Morgan fingerprint density at radius 1 is 1.26 bits per heavy atom. The summed E-state index contributed by atoms with van der Waals surface area (Å²) in [7, 11) is 0. The molecule has 1 saturated heterocycles. The van der Waals surface area contributed by atoms with Crippen molar-refractivity contribution in [2.75, 3.05) is 13.1 Å². The first-order valence-electron chi connectivity index (χ1n) is 8.99. The fourth-order valence-corrected chi connectivity index (χ4v) is 3.30. The maximum atomic E-state index is 11.5. The topological polar surface area (TPSA) is 98.9 Å². The van der Waals surface area contributed by atoms with E-state index in [4.69, 9.17) is 9.72 Å². The molecule has 0 spiro atoms. The number of carbonyl (C=O) groups is 1. The van der Waals surface area contributed by atoms with Crippen molar-refractivity contribution in [2.45, 2.75) is 39.8 Å². The molecule has 1 aliphatic rings. The zero-order valence-electron chi connectivity index (χ0n) is 15.6. The van der Waals surface area contributed by atoms with Crippen LogP contribution in [-0.4, -0.2) is 59.5 Å². The molecule has 9 heteroatoms. The highest BCUT2D eigenvalue weighted by atomic mass is 16.5. The summed E-state index contributed by atoms with van der Waals surface area (Å²) in [6.07, 6.45) is 5.68. The highest BCUT2D eigenvalue weighted by Crippen LogP contribution is 2.28. The van der Waals surface area contributed by atoms with E-state index in [1.165, 1.54) is 6.33 Å². The van der Waals surface area contributed by atoms with Crippen LogP contribution in [0.5, 0.6) is 5.88 Å². The molecule has 0 saturated carbocycles. The number of hydrogen-bond donors (Lipinski definition) is 0. The van der Waals surface area contributed by atoms with Gasteiger partial charge >= 0.3 is 0 Å². The number of aromatic nitrogens is 6. The normalized spacial score (nSPS) is 16.9. The number of rotatable bonds is 4. The lowest BCUT2D eigenvalue weighted by Crippen LogP contribution is -2.28. The van der Waals surface area contributed by atoms with Gasteiger partial charge in [0.05, 0.1) is 12.1 Å². The van der Waals surface area contributed by atoms with Crippen LogP contribution in [0, 0.1) is 6.92 Å². The van der Waals surface area contributed by atoms with Crippen LogP contribution in [0.3, 0.4) is 0 Å². The third-order valence-corrected chi connectivity index (χ3v) is 4.72. The average molecular weight is 367 g/mol. The molecule has 1 unspecified atom stereocenters. The molecule has 3 aromatic rings. The van der Waals surface area contributed by atoms with Gasteiger partial charge in [-0.3, -0.25) is 4.79 Å². The molecule has 0 aliphatic carbocycles. The van der Waals surface area contributed by atoms with Crippen LogP contribution in [0.2, 0.25) is 0 Å². The fourth-order valence-electron chi connectivity index (χ4n) is 3.30. The summed E-state index contributed by atoms with van der Waals surface area (Å²) >= 11 is 0. The number of nitrogens with zero attached hydrogens (tertiary/aromatic N) is 7. The Labute approximate surface area is 156 Å². The first-order chi connectivity index (χ1) is 13.1. The minimum Gasteiger partial charge on any atom is -0.471 e. The number of ether oxygens (including phenoxy) is 1. The second kappa shape index (κ2) is 6.90. The Hall–Kier alpha value is -3.10. The summed E-state index contributed by atoms with van der Waals surface area (Å²) in [6.45, 7) is 7.40. The van der Waals surface area contributed by atoms with E-state index in [0.717, 1.165) is 17.8 Å². The Morgan fingerprint density at radius 3 is 2.70 bits per heavy atom. The van der Waals surface area contributed by atoms with E-state index < -0.39 is 0 Å². The van der Waals surface area contributed by atoms with E-state index in [2.05, 4.69) is 19.9 Å². The van der Waals surface area contributed by atoms with Crippen molar-refractivity contribution in [1.29, 1.82) is 0 Å². The van der Waals surface area contributed by atoms with Crippen LogP contribution in [0.25, 0.3) is 22.6 Å². The third-order valence-electron chi connectivity index (χ3n) is 4.72. The second-order valence-corrected chi connectivity index (χ2v) is 6.54. The predicted octanol–water partition coefficient (Wildman–Crippen LogP) is 1.61. The molecule has 0 N–H and O–H groups in total. The smallest absolute Gasteiger partial charge is 0.245 e. The van der Waals surface area contributed by atoms with Crippen LogP contribution in [-0.2, 0) is 11.3 Å². The van der Waals surface area contributed by atoms with Gasteiger partial charge in [0, 0.05) is 38.8 Å². The van der Waals surface area contributed by atoms with E-state index in [1.807, 2.05) is 18.4 Å². The number of imidazole rings is 1. The highest BCUT2D eigenvalue weighted by molar-refractivity contribution is 5.81. The summed E-state index contributed by atoms with van der Waals surface area (Å²) in [5, 5.41) is 0. The van der Waals surface area contributed by atoms with E-state index in [0.29, 0.717) is 42.5 Å². The van der Waals surface area contributed by atoms with Gasteiger partial charge in [-0.05, 0) is 13.8 Å². The molecule has 0 radical (unpaired) electrons. The van der Waals surface area contributed by atoms with Crippen molar-refractivity contribution < 1.29 is 9.53 Å². The summed E-state index contributed by atoms with van der Waals surface area (Å²) in [5.74, 6) is 1.94. The van der Waals surface area contributed by atoms with E-state index in [9.17, 15) is 4.79 Å². The molecule has 1 atom stereocenters. The molecular weight excluding hydrogens is 346 g/mol. The van der Waals surface area contributed by atoms with Gasteiger partial charge in [-0.25, -0.2) is 19.9 Å². The molecular formula is C18H21N7O2. The minimum absolute atomic E-state index is 0.0610. The minimum atomic E-state index is -0.0927. The Kier molecular flexibility index (Phi) is 4.43. The van der Waals surface area contributed by atoms with E-state index in [1.54, 1.807) is 24.2 Å². The maximum Gasteiger partial charge on any atom is 0.245 e. The maximum absolute atomic E-state index is 11.5. The number of hydrogen-bond acceptors (Lipinski definition) is 7. The number of fused-ring (bicyclic) bond motifs is 1. The van der Waals surface area contributed by atoms with Gasteiger partial charge in [-0.2, -0.15) is 4.98 Å². The van der Waals surface area contributed by atoms with Crippen LogP contribution < -0.4 is 4.74 Å². The predicted molar refractivity (Wildman–Crippen MR) is 98.0 cm³/mol. The Bertz CT molecular complexity index is 983. The van der Waals surface area contributed by atoms with E-state index >= 15 is 0 Å². The molecule has 0 bridgehead atoms. The average Bonchev–Trinajstić information content (AvgIpc) is 3.27.